The van der Waals surface area contributed by atoms with E-state index in [-0.39, 0.29) is 11.9 Å². The van der Waals surface area contributed by atoms with Crippen molar-refractivity contribution in [1.29, 1.82) is 0 Å². The van der Waals surface area contributed by atoms with Crippen LogP contribution in [0.5, 0.6) is 0 Å². The van der Waals surface area contributed by atoms with E-state index >= 15 is 0 Å². The second-order valence-electron chi connectivity index (χ2n) is 10.5. The minimum absolute atomic E-state index is 0.00395. The Bertz CT molecular complexity index is 1260. The Morgan fingerprint density at radius 2 is 1.73 bits per heavy atom. The van der Waals surface area contributed by atoms with Crippen LogP contribution in [0.1, 0.15) is 74.9 Å². The van der Waals surface area contributed by atoms with Crippen LogP contribution in [0.4, 0.5) is 11.4 Å². The first kappa shape index (κ1) is 27.0. The number of aryl methyl sites for hydroxylation is 1. The molecule has 0 saturated carbocycles. The average molecular weight is 515 g/mol. The van der Waals surface area contributed by atoms with Gasteiger partial charge in [0.1, 0.15) is 0 Å². The normalized spacial score (nSPS) is 15.2. The van der Waals surface area contributed by atoms with E-state index in [4.69, 9.17) is 11.6 Å². The van der Waals surface area contributed by atoms with Gasteiger partial charge in [0.05, 0.1) is 6.04 Å². The Balaban J connectivity index is 1.84. The lowest BCUT2D eigenvalue weighted by molar-refractivity contribution is -0.116. The van der Waals surface area contributed by atoms with Crippen LogP contribution >= 0.6 is 11.6 Å². The molecule has 0 N–H and O–H groups in total. The number of benzene rings is 3. The molecule has 1 atom stereocenters. The van der Waals surface area contributed by atoms with Crippen molar-refractivity contribution in [3.8, 4) is 0 Å². The number of allylic oxidation sites excluding steroid dienone is 1. The highest BCUT2D eigenvalue weighted by Gasteiger charge is 2.32. The van der Waals surface area contributed by atoms with Crippen LogP contribution in [-0.4, -0.2) is 12.5 Å². The summed E-state index contributed by atoms with van der Waals surface area (Å²) in [7, 11) is 0. The quantitative estimate of drug-likeness (QED) is 0.300. The van der Waals surface area contributed by atoms with Gasteiger partial charge in [-0.25, -0.2) is 0 Å². The van der Waals surface area contributed by atoms with Gasteiger partial charge in [0.25, 0.3) is 0 Å². The fourth-order valence-electron chi connectivity index (χ4n) is 5.54. The summed E-state index contributed by atoms with van der Waals surface area (Å²) in [6.07, 6.45) is 3.82. The molecule has 0 bridgehead atoms. The van der Waals surface area contributed by atoms with E-state index in [0.717, 1.165) is 47.8 Å². The number of nitrogens with zero attached hydrogens (tertiary/aromatic N) is 2. The molecule has 4 heteroatoms. The molecule has 0 aromatic heterocycles. The monoisotopic (exact) mass is 514 g/mol. The number of halogens is 1. The van der Waals surface area contributed by atoms with Crippen LogP contribution in [0.2, 0.25) is 5.02 Å². The number of carbonyl (C=O) groups is 1. The van der Waals surface area contributed by atoms with E-state index < -0.39 is 0 Å². The number of amides is 1. The van der Waals surface area contributed by atoms with Gasteiger partial charge in [-0.05, 0) is 89.4 Å². The second kappa shape index (κ2) is 11.6. The Hall–Kier alpha value is -3.04. The van der Waals surface area contributed by atoms with Crippen molar-refractivity contribution in [2.45, 2.75) is 66.3 Å². The SMILES string of the molecule is C=C1Cc2cc(CC)c(CC(C)C)cc2C(c2ccc(Cl)cc2)N1c1ccc(N(CCC)C(C)=O)cc1. The van der Waals surface area contributed by atoms with Crippen LogP contribution < -0.4 is 9.80 Å². The first-order valence-electron chi connectivity index (χ1n) is 13.5. The third-order valence-corrected chi connectivity index (χ3v) is 7.46. The summed E-state index contributed by atoms with van der Waals surface area (Å²) in [4.78, 5) is 16.4. The van der Waals surface area contributed by atoms with Crippen LogP contribution in [0.3, 0.4) is 0 Å². The van der Waals surface area contributed by atoms with Crippen molar-refractivity contribution in [2.75, 3.05) is 16.3 Å². The minimum Gasteiger partial charge on any atom is -0.334 e. The topological polar surface area (TPSA) is 23.6 Å². The molecule has 3 aromatic carbocycles. The predicted molar refractivity (Wildman–Crippen MR) is 158 cm³/mol. The van der Waals surface area contributed by atoms with E-state index in [9.17, 15) is 4.79 Å². The largest absolute Gasteiger partial charge is 0.334 e. The number of carbonyl (C=O) groups excluding carboxylic acids is 1. The maximum atomic E-state index is 12.2. The Morgan fingerprint density at radius 1 is 1.05 bits per heavy atom. The molecule has 1 amide bonds. The molecule has 1 aliphatic rings. The lowest BCUT2D eigenvalue weighted by atomic mass is 9.82. The molecule has 1 unspecified atom stereocenters. The molecule has 3 aromatic rings. The van der Waals surface area contributed by atoms with Gasteiger partial charge in [-0.3, -0.25) is 4.79 Å². The smallest absolute Gasteiger partial charge is 0.223 e. The van der Waals surface area contributed by atoms with Crippen LogP contribution in [-0.2, 0) is 24.1 Å². The van der Waals surface area contributed by atoms with E-state index in [2.05, 4.69) is 87.7 Å². The summed E-state index contributed by atoms with van der Waals surface area (Å²) in [5.41, 5.74) is 9.82. The molecule has 1 aliphatic heterocycles. The molecule has 1 heterocycles. The van der Waals surface area contributed by atoms with Crippen molar-refractivity contribution in [1.82, 2.24) is 0 Å². The fraction of sp³-hybridized carbons (Fsp3) is 0.364. The number of fused-ring (bicyclic) bond motifs is 1. The predicted octanol–water partition coefficient (Wildman–Crippen LogP) is 8.53. The number of anilines is 2. The van der Waals surface area contributed by atoms with Gasteiger partial charge in [-0.15, -0.1) is 0 Å². The zero-order valence-corrected chi connectivity index (χ0v) is 23.6. The van der Waals surface area contributed by atoms with Crippen molar-refractivity contribution < 1.29 is 4.79 Å². The molecular formula is C33H39ClN2O. The van der Waals surface area contributed by atoms with E-state index in [1.54, 1.807) is 6.92 Å². The summed E-state index contributed by atoms with van der Waals surface area (Å²) in [5.74, 6) is 0.654. The summed E-state index contributed by atoms with van der Waals surface area (Å²) in [6.45, 7) is 15.8. The molecule has 0 fully saturated rings. The molecule has 0 spiro atoms. The number of hydrogen-bond donors (Lipinski definition) is 0. The van der Waals surface area contributed by atoms with Crippen LogP contribution in [0, 0.1) is 5.92 Å². The molecule has 0 saturated heterocycles. The number of rotatable bonds is 8. The van der Waals surface area contributed by atoms with Crippen molar-refractivity contribution in [3.05, 3.63) is 106 Å². The van der Waals surface area contributed by atoms with Crippen LogP contribution in [0.15, 0.2) is 72.9 Å². The highest BCUT2D eigenvalue weighted by atomic mass is 35.5. The van der Waals surface area contributed by atoms with Gasteiger partial charge in [0, 0.05) is 42.0 Å². The first-order chi connectivity index (χ1) is 17.7. The summed E-state index contributed by atoms with van der Waals surface area (Å²) in [5, 5.41) is 0.733. The average Bonchev–Trinajstić information content (AvgIpc) is 2.87. The van der Waals surface area contributed by atoms with Gasteiger partial charge in [-0.2, -0.15) is 0 Å². The van der Waals surface area contributed by atoms with Gasteiger partial charge in [0.2, 0.25) is 5.91 Å². The molecule has 3 nitrogen and oxygen atoms in total. The molecule has 0 radical (unpaired) electrons. The zero-order valence-electron chi connectivity index (χ0n) is 22.9. The molecular weight excluding hydrogens is 476 g/mol. The third-order valence-electron chi connectivity index (χ3n) is 7.21. The lowest BCUT2D eigenvalue weighted by Crippen LogP contribution is -2.34. The van der Waals surface area contributed by atoms with E-state index in [0.29, 0.717) is 12.5 Å². The number of hydrogen-bond acceptors (Lipinski definition) is 2. The standard InChI is InChI=1S/C33H39ClN2O/c1-7-17-35(24(6)37)30-13-15-31(16-14-30)36-23(5)19-28-20-25(8-2)27(18-22(3)4)21-32(28)33(36)26-9-11-29(34)12-10-26/h9-16,20-22,33H,5,7-8,17-19H2,1-4,6H3. The maximum absolute atomic E-state index is 12.2. The Labute approximate surface area is 227 Å². The fourth-order valence-corrected chi connectivity index (χ4v) is 5.67. The molecule has 0 aliphatic carbocycles. The maximum Gasteiger partial charge on any atom is 0.223 e. The summed E-state index contributed by atoms with van der Waals surface area (Å²) in [6, 6.07) is 21.4. The van der Waals surface area contributed by atoms with Crippen molar-refractivity contribution in [3.63, 3.8) is 0 Å². The van der Waals surface area contributed by atoms with Crippen molar-refractivity contribution >= 4 is 28.9 Å². The molecule has 194 valence electrons. The lowest BCUT2D eigenvalue weighted by Gasteiger charge is -2.41. The molecule has 4 rings (SSSR count). The molecule has 37 heavy (non-hydrogen) atoms. The minimum atomic E-state index is -0.00395. The van der Waals surface area contributed by atoms with Gasteiger partial charge < -0.3 is 9.80 Å². The third kappa shape index (κ3) is 5.78. The summed E-state index contributed by atoms with van der Waals surface area (Å²) >= 11 is 6.29. The highest BCUT2D eigenvalue weighted by Crippen LogP contribution is 2.44. The summed E-state index contributed by atoms with van der Waals surface area (Å²) < 4.78 is 0. The van der Waals surface area contributed by atoms with Gasteiger partial charge in [-0.1, -0.05) is 70.1 Å². The zero-order chi connectivity index (χ0) is 26.7. The second-order valence-corrected chi connectivity index (χ2v) is 11.0. The Kier molecular flexibility index (Phi) is 8.44. The first-order valence-corrected chi connectivity index (χ1v) is 13.9. The van der Waals surface area contributed by atoms with E-state index in [1.165, 1.54) is 27.8 Å². The Morgan fingerprint density at radius 3 is 2.30 bits per heavy atom. The highest BCUT2D eigenvalue weighted by molar-refractivity contribution is 6.30. The van der Waals surface area contributed by atoms with E-state index in [1.807, 2.05) is 17.0 Å². The van der Waals surface area contributed by atoms with Gasteiger partial charge >= 0.3 is 0 Å². The van der Waals surface area contributed by atoms with Crippen molar-refractivity contribution in [2.24, 2.45) is 5.92 Å². The van der Waals surface area contributed by atoms with Crippen LogP contribution in [0.25, 0.3) is 0 Å². The van der Waals surface area contributed by atoms with Gasteiger partial charge in [0.15, 0.2) is 0 Å².